The molecular formula is C31H33NO8. The van der Waals surface area contributed by atoms with Gasteiger partial charge in [-0.1, -0.05) is 18.2 Å². The summed E-state index contributed by atoms with van der Waals surface area (Å²) in [7, 11) is 6.63. The topological polar surface area (TPSA) is 101 Å². The van der Waals surface area contributed by atoms with Crippen LogP contribution in [0.2, 0.25) is 0 Å². The van der Waals surface area contributed by atoms with Crippen molar-refractivity contribution in [3.05, 3.63) is 75.4 Å². The van der Waals surface area contributed by atoms with Crippen LogP contribution in [-0.2, 0) is 22.6 Å². The zero-order valence-corrected chi connectivity index (χ0v) is 23.5. The van der Waals surface area contributed by atoms with E-state index >= 15 is 0 Å². The number of methoxy groups -OCH3 is 3. The summed E-state index contributed by atoms with van der Waals surface area (Å²) in [4.78, 5) is 38.7. The second-order valence-electron chi connectivity index (χ2n) is 9.52. The molecule has 0 N–H and O–H groups in total. The molecule has 40 heavy (non-hydrogen) atoms. The Morgan fingerprint density at radius 1 is 0.850 bits per heavy atom. The third kappa shape index (κ3) is 5.79. The van der Waals surface area contributed by atoms with Gasteiger partial charge in [0, 0.05) is 37.6 Å². The predicted octanol–water partition coefficient (Wildman–Crippen LogP) is 4.71. The molecule has 3 aromatic rings. The Hall–Kier alpha value is -4.37. The molecule has 0 heterocycles. The normalized spacial score (nSPS) is 13.9. The van der Waals surface area contributed by atoms with Gasteiger partial charge in [0.1, 0.15) is 5.75 Å². The summed E-state index contributed by atoms with van der Waals surface area (Å²) in [6.45, 7) is 3.07. The molecule has 1 aliphatic rings. The van der Waals surface area contributed by atoms with Crippen molar-refractivity contribution in [2.45, 2.75) is 39.3 Å². The van der Waals surface area contributed by atoms with Crippen LogP contribution in [0.3, 0.4) is 0 Å². The minimum absolute atomic E-state index is 0.0599. The van der Waals surface area contributed by atoms with E-state index in [1.54, 1.807) is 39.5 Å². The van der Waals surface area contributed by atoms with E-state index in [0.29, 0.717) is 42.4 Å². The molecule has 0 unspecified atom stereocenters. The highest BCUT2D eigenvalue weighted by Gasteiger charge is 2.31. The van der Waals surface area contributed by atoms with Gasteiger partial charge in [0.05, 0.1) is 21.3 Å². The third-order valence-electron chi connectivity index (χ3n) is 6.90. The fraction of sp³-hybridized carbons (Fsp3) is 0.323. The summed E-state index contributed by atoms with van der Waals surface area (Å²) in [6.07, 6.45) is 1.31. The second-order valence-corrected chi connectivity index (χ2v) is 9.52. The van der Waals surface area contributed by atoms with E-state index in [-0.39, 0.29) is 11.8 Å². The summed E-state index contributed by atoms with van der Waals surface area (Å²) in [6, 6.07) is 13.8. The molecule has 1 aliphatic carbocycles. The zero-order chi connectivity index (χ0) is 29.0. The minimum Gasteiger partial charge on any atom is -0.493 e. The molecule has 1 atom stereocenters. The van der Waals surface area contributed by atoms with Crippen molar-refractivity contribution in [3.63, 3.8) is 0 Å². The van der Waals surface area contributed by atoms with Gasteiger partial charge >= 0.3 is 11.9 Å². The van der Waals surface area contributed by atoms with Crippen LogP contribution in [0.1, 0.15) is 43.0 Å². The number of fused-ring (bicyclic) bond motifs is 3. The highest BCUT2D eigenvalue weighted by Crippen LogP contribution is 2.51. The highest BCUT2D eigenvalue weighted by molar-refractivity contribution is 5.83. The average molecular weight is 548 g/mol. The Kier molecular flexibility index (Phi) is 8.74. The molecule has 0 saturated heterocycles. The third-order valence-corrected chi connectivity index (χ3v) is 6.90. The number of hydrogen-bond acceptors (Lipinski definition) is 9. The van der Waals surface area contributed by atoms with Gasteiger partial charge in [-0.2, -0.15) is 0 Å². The monoisotopic (exact) mass is 547 g/mol. The molecule has 0 amide bonds. The van der Waals surface area contributed by atoms with E-state index in [1.165, 1.54) is 19.9 Å². The number of carbonyl (C=O) groups is 2. The predicted molar refractivity (Wildman–Crippen MR) is 149 cm³/mol. The maximum atomic E-state index is 13.0. The number of carbonyl (C=O) groups excluding carboxylic acids is 2. The summed E-state index contributed by atoms with van der Waals surface area (Å²) < 4.78 is 27.9. The maximum absolute atomic E-state index is 13.0. The summed E-state index contributed by atoms with van der Waals surface area (Å²) in [5, 5.41) is 0. The molecule has 0 spiro atoms. The first-order chi connectivity index (χ1) is 19.2. The van der Waals surface area contributed by atoms with Crippen molar-refractivity contribution in [2.75, 3.05) is 28.4 Å². The van der Waals surface area contributed by atoms with Crippen molar-refractivity contribution in [3.8, 4) is 39.9 Å². The van der Waals surface area contributed by atoms with Crippen LogP contribution in [0.4, 0.5) is 0 Å². The summed E-state index contributed by atoms with van der Waals surface area (Å²) >= 11 is 0. The Morgan fingerprint density at radius 3 is 2.17 bits per heavy atom. The largest absolute Gasteiger partial charge is 0.493 e. The molecule has 9 nitrogen and oxygen atoms in total. The number of esters is 2. The van der Waals surface area contributed by atoms with Crippen LogP contribution < -0.4 is 29.1 Å². The van der Waals surface area contributed by atoms with E-state index in [9.17, 15) is 14.4 Å². The lowest BCUT2D eigenvalue weighted by Crippen LogP contribution is -2.25. The molecule has 0 aliphatic heterocycles. The molecule has 4 rings (SSSR count). The van der Waals surface area contributed by atoms with Crippen LogP contribution in [-0.4, -0.2) is 45.2 Å². The van der Waals surface area contributed by atoms with Crippen LogP contribution in [0, 0.1) is 0 Å². The molecule has 0 aromatic heterocycles. The van der Waals surface area contributed by atoms with E-state index in [1.807, 2.05) is 31.3 Å². The first-order valence-corrected chi connectivity index (χ1v) is 12.8. The average Bonchev–Trinajstić information content (AvgIpc) is 3.16. The molecular weight excluding hydrogens is 514 g/mol. The van der Waals surface area contributed by atoms with Crippen molar-refractivity contribution < 1.29 is 33.3 Å². The lowest BCUT2D eigenvalue weighted by molar-refractivity contribution is -0.132. The number of benzene rings is 2. The Morgan fingerprint density at radius 2 is 1.52 bits per heavy atom. The summed E-state index contributed by atoms with van der Waals surface area (Å²) in [5.41, 5.74) is 3.65. The van der Waals surface area contributed by atoms with Gasteiger partial charge in [0.15, 0.2) is 17.2 Å². The smallest absolute Gasteiger partial charge is 0.308 e. The van der Waals surface area contributed by atoms with Crippen LogP contribution in [0.5, 0.6) is 28.7 Å². The number of aryl methyl sites for hydroxylation is 1. The zero-order valence-electron chi connectivity index (χ0n) is 23.5. The SMILES string of the molecule is COc1cc2c(c(OC)c1OC)-c1ccc(=O)c(OC(C)=O)cc1[C@@H](N(C)Cc1ccccc1OC(C)=O)CC2. The second kappa shape index (κ2) is 12.2. The van der Waals surface area contributed by atoms with Crippen molar-refractivity contribution in [1.29, 1.82) is 0 Å². The van der Waals surface area contributed by atoms with Crippen molar-refractivity contribution in [1.82, 2.24) is 4.90 Å². The van der Waals surface area contributed by atoms with Gasteiger partial charge in [-0.05, 0) is 66.9 Å². The Bertz CT molecular complexity index is 1500. The van der Waals surface area contributed by atoms with Gasteiger partial charge in [-0.3, -0.25) is 19.3 Å². The molecule has 0 bridgehead atoms. The molecule has 0 radical (unpaired) electrons. The van der Waals surface area contributed by atoms with E-state index in [2.05, 4.69) is 4.90 Å². The van der Waals surface area contributed by atoms with Gasteiger partial charge in [0.2, 0.25) is 11.2 Å². The number of para-hydroxylation sites is 1. The number of nitrogens with zero attached hydrogens (tertiary/aromatic N) is 1. The van der Waals surface area contributed by atoms with Gasteiger partial charge in [-0.25, -0.2) is 0 Å². The highest BCUT2D eigenvalue weighted by atomic mass is 16.5. The lowest BCUT2D eigenvalue weighted by Gasteiger charge is -2.29. The fourth-order valence-corrected chi connectivity index (χ4v) is 5.24. The molecule has 0 saturated carbocycles. The van der Waals surface area contributed by atoms with Crippen molar-refractivity contribution >= 4 is 11.9 Å². The minimum atomic E-state index is -0.588. The number of ether oxygens (including phenoxy) is 5. The van der Waals surface area contributed by atoms with E-state index in [4.69, 9.17) is 23.7 Å². The van der Waals surface area contributed by atoms with Gasteiger partial charge in [-0.15, -0.1) is 0 Å². The van der Waals surface area contributed by atoms with E-state index < -0.39 is 17.4 Å². The van der Waals surface area contributed by atoms with Crippen LogP contribution in [0.15, 0.2) is 53.3 Å². The van der Waals surface area contributed by atoms with Crippen molar-refractivity contribution in [2.24, 2.45) is 0 Å². The van der Waals surface area contributed by atoms with Crippen LogP contribution >= 0.6 is 0 Å². The molecule has 3 aromatic carbocycles. The fourth-order valence-electron chi connectivity index (χ4n) is 5.24. The van der Waals surface area contributed by atoms with E-state index in [0.717, 1.165) is 27.8 Å². The first kappa shape index (κ1) is 28.6. The maximum Gasteiger partial charge on any atom is 0.308 e. The number of rotatable bonds is 8. The Balaban J connectivity index is 1.94. The Labute approximate surface area is 233 Å². The van der Waals surface area contributed by atoms with Crippen LogP contribution in [0.25, 0.3) is 11.1 Å². The quantitative estimate of drug-likeness (QED) is 0.293. The molecule has 0 fully saturated rings. The molecule has 9 heteroatoms. The van der Waals surface area contributed by atoms with Gasteiger partial charge < -0.3 is 23.7 Å². The lowest BCUT2D eigenvalue weighted by atomic mass is 9.95. The standard InChI is InChI=1S/C31H33NO8/c1-18(33)39-26-10-8-7-9-21(26)17-32(3)24-13-11-20-15-28(36-4)30(37-5)31(38-6)29(20)22-12-14-25(35)27(16-23(22)24)40-19(2)34/h7-10,12,14-16,24H,11,13,17H2,1-6H3/t24-/m0/s1. The molecule has 210 valence electrons. The number of hydrogen-bond donors (Lipinski definition) is 0. The van der Waals surface area contributed by atoms with Gasteiger partial charge in [0.25, 0.3) is 0 Å². The first-order valence-electron chi connectivity index (χ1n) is 12.8. The summed E-state index contributed by atoms with van der Waals surface area (Å²) in [5.74, 6) is 0.885.